The molecule has 0 heterocycles. The Morgan fingerprint density at radius 2 is 1.65 bits per heavy atom. The molecule has 2 aromatic rings. The highest BCUT2D eigenvalue weighted by Crippen LogP contribution is 2.36. The maximum absolute atomic E-state index is 2.47. The third kappa shape index (κ3) is 4.05. The van der Waals surface area contributed by atoms with Gasteiger partial charge >= 0.3 is 0 Å². The molecule has 23 heavy (non-hydrogen) atoms. The second kappa shape index (κ2) is 7.81. The van der Waals surface area contributed by atoms with Crippen molar-refractivity contribution in [3.63, 3.8) is 0 Å². The van der Waals surface area contributed by atoms with Gasteiger partial charge in [0.25, 0.3) is 0 Å². The van der Waals surface area contributed by atoms with Crippen LogP contribution in [0.25, 0.3) is 11.1 Å². The summed E-state index contributed by atoms with van der Waals surface area (Å²) in [6.07, 6.45) is 9.55. The van der Waals surface area contributed by atoms with Gasteiger partial charge in [0.1, 0.15) is 0 Å². The third-order valence-corrected chi connectivity index (χ3v) is 5.60. The third-order valence-electron chi connectivity index (χ3n) is 5.60. The Hall–Kier alpha value is -1.56. The van der Waals surface area contributed by atoms with E-state index >= 15 is 0 Å². The summed E-state index contributed by atoms with van der Waals surface area (Å²) in [5, 5.41) is 0. The molecule has 3 rings (SSSR count). The van der Waals surface area contributed by atoms with Crippen molar-refractivity contribution in [1.82, 2.24) is 0 Å². The van der Waals surface area contributed by atoms with E-state index in [2.05, 4.69) is 62.4 Å². The predicted molar refractivity (Wildman–Crippen MR) is 101 cm³/mol. The molecule has 0 nitrogen and oxygen atoms in total. The molecule has 0 amide bonds. The van der Waals surface area contributed by atoms with Gasteiger partial charge < -0.3 is 0 Å². The van der Waals surface area contributed by atoms with Gasteiger partial charge in [-0.15, -0.1) is 0 Å². The number of benzene rings is 2. The molecule has 0 radical (unpaired) electrons. The van der Waals surface area contributed by atoms with E-state index in [1.807, 2.05) is 0 Å². The van der Waals surface area contributed by atoms with Gasteiger partial charge in [0.05, 0.1) is 0 Å². The molecule has 2 aromatic carbocycles. The van der Waals surface area contributed by atoms with Crippen LogP contribution in [-0.2, 0) is 12.8 Å². The first-order valence-electron chi connectivity index (χ1n) is 9.45. The molecule has 0 aliphatic heterocycles. The highest BCUT2D eigenvalue weighted by atomic mass is 14.3. The molecule has 2 unspecified atom stereocenters. The lowest BCUT2D eigenvalue weighted by Crippen LogP contribution is -2.11. The van der Waals surface area contributed by atoms with Gasteiger partial charge in [-0.05, 0) is 46.9 Å². The number of rotatable bonds is 7. The summed E-state index contributed by atoms with van der Waals surface area (Å²) in [5.74, 6) is 1.72. The zero-order chi connectivity index (χ0) is 16.1. The molecule has 0 spiro atoms. The summed E-state index contributed by atoms with van der Waals surface area (Å²) >= 11 is 0. The largest absolute Gasteiger partial charge is 0.0654 e. The Kier molecular flexibility index (Phi) is 5.54. The topological polar surface area (TPSA) is 0 Å². The first-order chi connectivity index (χ1) is 11.3. The molecule has 0 bridgehead atoms. The van der Waals surface area contributed by atoms with Crippen molar-refractivity contribution in [2.75, 3.05) is 0 Å². The van der Waals surface area contributed by atoms with Crippen molar-refractivity contribution in [3.05, 3.63) is 59.7 Å². The number of unbranched alkanes of at least 4 members (excludes halogenated alkanes) is 3. The minimum atomic E-state index is 0.859. The quantitative estimate of drug-likeness (QED) is 0.501. The molecular formula is C23H30. The van der Waals surface area contributed by atoms with Crippen LogP contribution in [0, 0.1) is 11.8 Å². The molecular weight excluding hydrogens is 276 g/mol. The molecule has 1 aliphatic carbocycles. The average molecular weight is 306 g/mol. The van der Waals surface area contributed by atoms with Crippen LogP contribution in [0.3, 0.4) is 0 Å². The summed E-state index contributed by atoms with van der Waals surface area (Å²) in [7, 11) is 0. The Balaban J connectivity index is 1.62. The molecule has 122 valence electrons. The predicted octanol–water partition coefficient (Wildman–Crippen LogP) is 6.67. The number of fused-ring (bicyclic) bond motifs is 1. The van der Waals surface area contributed by atoms with Crippen LogP contribution < -0.4 is 0 Å². The van der Waals surface area contributed by atoms with Gasteiger partial charge in [-0.25, -0.2) is 0 Å². The fourth-order valence-corrected chi connectivity index (χ4v) is 3.99. The monoisotopic (exact) mass is 306 g/mol. The van der Waals surface area contributed by atoms with E-state index in [0.717, 1.165) is 11.8 Å². The van der Waals surface area contributed by atoms with Crippen LogP contribution in [0.4, 0.5) is 0 Å². The lowest BCUT2D eigenvalue weighted by atomic mass is 9.87. The van der Waals surface area contributed by atoms with E-state index in [4.69, 9.17) is 0 Å². The lowest BCUT2D eigenvalue weighted by molar-refractivity contribution is 0.339. The van der Waals surface area contributed by atoms with Crippen LogP contribution in [0.1, 0.15) is 57.1 Å². The SMILES string of the molecule is CCCCCCC(C)C1Cc2ccc(-c3ccccc3)cc2C1. The van der Waals surface area contributed by atoms with Crippen molar-refractivity contribution in [3.8, 4) is 11.1 Å². The molecule has 0 aromatic heterocycles. The zero-order valence-corrected chi connectivity index (χ0v) is 14.7. The normalized spacial score (nSPS) is 17.9. The van der Waals surface area contributed by atoms with Crippen molar-refractivity contribution in [1.29, 1.82) is 0 Å². The molecule has 1 aliphatic rings. The summed E-state index contributed by atoms with van der Waals surface area (Å²) < 4.78 is 0. The zero-order valence-electron chi connectivity index (χ0n) is 14.7. The van der Waals surface area contributed by atoms with Gasteiger partial charge in [-0.3, -0.25) is 0 Å². The van der Waals surface area contributed by atoms with Crippen LogP contribution >= 0.6 is 0 Å². The fourth-order valence-electron chi connectivity index (χ4n) is 3.99. The maximum Gasteiger partial charge on any atom is -0.0181 e. The lowest BCUT2D eigenvalue weighted by Gasteiger charge is -2.18. The maximum atomic E-state index is 2.47. The number of hydrogen-bond acceptors (Lipinski definition) is 0. The van der Waals surface area contributed by atoms with Crippen molar-refractivity contribution < 1.29 is 0 Å². The average Bonchev–Trinajstić information content (AvgIpc) is 3.02. The molecule has 0 saturated heterocycles. The molecule has 2 atom stereocenters. The highest BCUT2D eigenvalue weighted by molar-refractivity contribution is 5.65. The first-order valence-corrected chi connectivity index (χ1v) is 9.45. The Morgan fingerprint density at radius 1 is 0.870 bits per heavy atom. The fraction of sp³-hybridized carbons (Fsp3) is 0.478. The summed E-state index contributed by atoms with van der Waals surface area (Å²) in [6.45, 7) is 4.77. The summed E-state index contributed by atoms with van der Waals surface area (Å²) in [5.41, 5.74) is 5.90. The minimum Gasteiger partial charge on any atom is -0.0654 e. The van der Waals surface area contributed by atoms with Crippen molar-refractivity contribution in [2.45, 2.75) is 58.8 Å². The van der Waals surface area contributed by atoms with E-state index in [1.54, 1.807) is 11.1 Å². The van der Waals surface area contributed by atoms with Gasteiger partial charge in [-0.1, -0.05) is 94.5 Å². The van der Waals surface area contributed by atoms with Crippen molar-refractivity contribution in [2.24, 2.45) is 11.8 Å². The Morgan fingerprint density at radius 3 is 2.43 bits per heavy atom. The summed E-state index contributed by atoms with van der Waals surface area (Å²) in [4.78, 5) is 0. The van der Waals surface area contributed by atoms with Crippen LogP contribution in [0.5, 0.6) is 0 Å². The molecule has 0 heteroatoms. The van der Waals surface area contributed by atoms with E-state index in [0.29, 0.717) is 0 Å². The smallest absolute Gasteiger partial charge is 0.0181 e. The van der Waals surface area contributed by atoms with Gasteiger partial charge in [0.15, 0.2) is 0 Å². The minimum absolute atomic E-state index is 0.859. The molecule has 0 fully saturated rings. The van der Waals surface area contributed by atoms with Gasteiger partial charge in [-0.2, -0.15) is 0 Å². The van der Waals surface area contributed by atoms with Crippen LogP contribution in [0.2, 0.25) is 0 Å². The Bertz CT molecular complexity index is 611. The van der Waals surface area contributed by atoms with Crippen molar-refractivity contribution >= 4 is 0 Å². The van der Waals surface area contributed by atoms with Crippen LogP contribution in [-0.4, -0.2) is 0 Å². The van der Waals surface area contributed by atoms with Gasteiger partial charge in [0.2, 0.25) is 0 Å². The summed E-state index contributed by atoms with van der Waals surface area (Å²) in [6, 6.07) is 17.9. The van der Waals surface area contributed by atoms with E-state index < -0.39 is 0 Å². The highest BCUT2D eigenvalue weighted by Gasteiger charge is 2.26. The standard InChI is InChI=1S/C23H30/c1-3-4-5-7-10-18(2)22-15-21-14-13-20(16-23(21)17-22)19-11-8-6-9-12-19/h6,8-9,11-14,16,18,22H,3-5,7,10,15,17H2,1-2H3. The number of hydrogen-bond donors (Lipinski definition) is 0. The second-order valence-corrected chi connectivity index (χ2v) is 7.34. The van der Waals surface area contributed by atoms with Gasteiger partial charge in [0, 0.05) is 0 Å². The van der Waals surface area contributed by atoms with E-state index in [1.165, 1.54) is 56.1 Å². The molecule has 0 N–H and O–H groups in total. The van der Waals surface area contributed by atoms with E-state index in [-0.39, 0.29) is 0 Å². The van der Waals surface area contributed by atoms with Crippen LogP contribution in [0.15, 0.2) is 48.5 Å². The second-order valence-electron chi connectivity index (χ2n) is 7.34. The Labute approximate surface area is 141 Å². The molecule has 0 saturated carbocycles. The van der Waals surface area contributed by atoms with E-state index in [9.17, 15) is 0 Å². The first kappa shape index (κ1) is 16.3.